The van der Waals surface area contributed by atoms with Gasteiger partial charge in [0.2, 0.25) is 5.91 Å². The number of hydrogen-bond donors (Lipinski definition) is 2. The highest BCUT2D eigenvalue weighted by atomic mass is 35.5. The Hall–Kier alpha value is -2.15. The van der Waals surface area contributed by atoms with E-state index >= 15 is 0 Å². The largest absolute Gasteiger partial charge is 0.486 e. The highest BCUT2D eigenvalue weighted by molar-refractivity contribution is 6.33. The SMILES string of the molecule is Cl.NC(=O)C(c1cc(Cl)c(N)c2c1OCCO2)C1CCN(Cc2ccccc2)CC1. The average molecular weight is 452 g/mol. The van der Waals surface area contributed by atoms with Crippen LogP contribution in [-0.4, -0.2) is 37.1 Å². The van der Waals surface area contributed by atoms with Crippen molar-refractivity contribution in [3.8, 4) is 11.5 Å². The molecule has 0 spiro atoms. The minimum Gasteiger partial charge on any atom is -0.486 e. The van der Waals surface area contributed by atoms with E-state index in [1.54, 1.807) is 6.07 Å². The predicted octanol–water partition coefficient (Wildman–Crippen LogP) is 3.60. The first-order valence-corrected chi connectivity index (χ1v) is 10.4. The normalized spacial score (nSPS) is 17.8. The summed E-state index contributed by atoms with van der Waals surface area (Å²) in [6, 6.07) is 12.1. The number of halogens is 2. The van der Waals surface area contributed by atoms with Gasteiger partial charge in [-0.05, 0) is 43.5 Å². The molecule has 6 nitrogen and oxygen atoms in total. The van der Waals surface area contributed by atoms with Crippen LogP contribution in [0.4, 0.5) is 5.69 Å². The van der Waals surface area contributed by atoms with Gasteiger partial charge in [0, 0.05) is 12.1 Å². The first kappa shape index (κ1) is 22.5. The topological polar surface area (TPSA) is 90.8 Å². The van der Waals surface area contributed by atoms with Crippen LogP contribution in [0.3, 0.4) is 0 Å². The molecule has 2 aromatic rings. The minimum atomic E-state index is -0.484. The van der Waals surface area contributed by atoms with Crippen molar-refractivity contribution < 1.29 is 14.3 Å². The molecule has 2 heterocycles. The molecule has 0 aromatic heterocycles. The molecule has 1 amide bonds. The first-order chi connectivity index (χ1) is 14.0. The van der Waals surface area contributed by atoms with Gasteiger partial charge in [0.05, 0.1) is 16.6 Å². The van der Waals surface area contributed by atoms with Crippen molar-refractivity contribution in [1.82, 2.24) is 4.90 Å². The number of anilines is 1. The molecule has 4 N–H and O–H groups in total. The molecule has 1 saturated heterocycles. The van der Waals surface area contributed by atoms with Crippen molar-refractivity contribution in [2.45, 2.75) is 25.3 Å². The molecule has 1 unspecified atom stereocenters. The Bertz CT molecular complexity index is 887. The van der Waals surface area contributed by atoms with Crippen molar-refractivity contribution in [2.24, 2.45) is 11.7 Å². The summed E-state index contributed by atoms with van der Waals surface area (Å²) >= 11 is 6.33. The molecule has 2 aliphatic rings. The lowest BCUT2D eigenvalue weighted by Gasteiger charge is -2.36. The second-order valence-corrected chi connectivity index (χ2v) is 8.10. The lowest BCUT2D eigenvalue weighted by Crippen LogP contribution is -2.38. The number of primary amides is 1. The van der Waals surface area contributed by atoms with E-state index in [9.17, 15) is 4.79 Å². The van der Waals surface area contributed by atoms with Gasteiger partial charge in [-0.15, -0.1) is 12.4 Å². The third kappa shape index (κ3) is 4.61. The maximum Gasteiger partial charge on any atom is 0.225 e. The van der Waals surface area contributed by atoms with Crippen LogP contribution in [0.25, 0.3) is 0 Å². The number of likely N-dealkylation sites (tertiary alicyclic amines) is 1. The Morgan fingerprint density at radius 3 is 2.40 bits per heavy atom. The van der Waals surface area contributed by atoms with Gasteiger partial charge in [0.15, 0.2) is 11.5 Å². The van der Waals surface area contributed by atoms with E-state index in [4.69, 9.17) is 32.5 Å². The maximum absolute atomic E-state index is 12.5. The molecule has 30 heavy (non-hydrogen) atoms. The summed E-state index contributed by atoms with van der Waals surface area (Å²) in [6.07, 6.45) is 1.75. The maximum atomic E-state index is 12.5. The summed E-state index contributed by atoms with van der Waals surface area (Å²) in [5.41, 5.74) is 14.2. The second kappa shape index (κ2) is 9.77. The lowest BCUT2D eigenvalue weighted by atomic mass is 9.79. The van der Waals surface area contributed by atoms with Gasteiger partial charge in [-0.3, -0.25) is 9.69 Å². The van der Waals surface area contributed by atoms with Gasteiger partial charge < -0.3 is 20.9 Å². The van der Waals surface area contributed by atoms with Crippen LogP contribution >= 0.6 is 24.0 Å². The Labute approximate surface area is 187 Å². The molecule has 1 fully saturated rings. The van der Waals surface area contributed by atoms with Crippen LogP contribution in [0, 0.1) is 5.92 Å². The van der Waals surface area contributed by atoms with Crippen molar-refractivity contribution in [2.75, 3.05) is 32.0 Å². The van der Waals surface area contributed by atoms with Crippen LogP contribution in [0.2, 0.25) is 5.02 Å². The molecule has 0 bridgehead atoms. The molecule has 2 aliphatic heterocycles. The molecule has 162 valence electrons. The predicted molar refractivity (Wildman–Crippen MR) is 120 cm³/mol. The van der Waals surface area contributed by atoms with Crippen LogP contribution < -0.4 is 20.9 Å². The van der Waals surface area contributed by atoms with E-state index in [0.717, 1.165) is 32.5 Å². The standard InChI is InChI=1S/C22H26ClN3O3.ClH/c23-17-12-16(20-21(19(17)24)29-11-10-28-20)18(22(25)27)15-6-8-26(9-7-15)13-14-4-2-1-3-5-14;/h1-5,12,15,18H,6-11,13,24H2,(H2,25,27);1H. The summed E-state index contributed by atoms with van der Waals surface area (Å²) in [4.78, 5) is 14.9. The summed E-state index contributed by atoms with van der Waals surface area (Å²) < 4.78 is 11.5. The Morgan fingerprint density at radius 2 is 1.77 bits per heavy atom. The molecule has 2 aromatic carbocycles. The fraction of sp³-hybridized carbons (Fsp3) is 0.409. The fourth-order valence-electron chi connectivity index (χ4n) is 4.38. The zero-order chi connectivity index (χ0) is 20.4. The highest BCUT2D eigenvalue weighted by Crippen LogP contribution is 2.48. The number of nitrogens with two attached hydrogens (primary N) is 2. The zero-order valence-electron chi connectivity index (χ0n) is 16.7. The van der Waals surface area contributed by atoms with Gasteiger partial charge in [-0.2, -0.15) is 0 Å². The van der Waals surface area contributed by atoms with Gasteiger partial charge >= 0.3 is 0 Å². The summed E-state index contributed by atoms with van der Waals surface area (Å²) in [6.45, 7) is 3.53. The van der Waals surface area contributed by atoms with E-state index in [1.807, 2.05) is 6.07 Å². The van der Waals surface area contributed by atoms with Gasteiger partial charge in [-0.25, -0.2) is 0 Å². The molecular formula is C22H27Cl2N3O3. The number of piperidine rings is 1. The van der Waals surface area contributed by atoms with Crippen molar-refractivity contribution in [1.29, 1.82) is 0 Å². The van der Waals surface area contributed by atoms with Crippen LogP contribution in [0.1, 0.15) is 29.9 Å². The highest BCUT2D eigenvalue weighted by Gasteiger charge is 2.36. The monoisotopic (exact) mass is 451 g/mol. The molecule has 1 atom stereocenters. The summed E-state index contributed by atoms with van der Waals surface area (Å²) in [7, 11) is 0. The first-order valence-electron chi connectivity index (χ1n) is 9.97. The molecule has 4 rings (SSSR count). The van der Waals surface area contributed by atoms with Crippen molar-refractivity contribution in [3.05, 3.63) is 52.5 Å². The number of fused-ring (bicyclic) bond motifs is 1. The van der Waals surface area contributed by atoms with Gasteiger partial charge in [0.1, 0.15) is 13.2 Å². The number of benzene rings is 2. The zero-order valence-corrected chi connectivity index (χ0v) is 18.3. The van der Waals surface area contributed by atoms with E-state index in [0.29, 0.717) is 41.0 Å². The molecule has 0 aliphatic carbocycles. The van der Waals surface area contributed by atoms with Gasteiger partial charge in [0.25, 0.3) is 0 Å². The Morgan fingerprint density at radius 1 is 1.13 bits per heavy atom. The number of rotatable bonds is 5. The number of hydrogen-bond acceptors (Lipinski definition) is 5. The van der Waals surface area contributed by atoms with Crippen molar-refractivity contribution in [3.63, 3.8) is 0 Å². The van der Waals surface area contributed by atoms with E-state index in [2.05, 4.69) is 29.2 Å². The molecule has 0 radical (unpaired) electrons. The Balaban J connectivity index is 0.00000256. The number of nitrogen functional groups attached to an aromatic ring is 1. The summed E-state index contributed by atoms with van der Waals surface area (Å²) in [5, 5.41) is 0.358. The minimum absolute atomic E-state index is 0. The van der Waals surface area contributed by atoms with Crippen LogP contribution in [-0.2, 0) is 11.3 Å². The number of ether oxygens (including phenoxy) is 2. The fourth-order valence-corrected chi connectivity index (χ4v) is 4.58. The lowest BCUT2D eigenvalue weighted by molar-refractivity contribution is -0.121. The number of carbonyl (C=O) groups is 1. The third-order valence-electron chi connectivity index (χ3n) is 5.82. The Kier molecular flexibility index (Phi) is 7.34. The quantitative estimate of drug-likeness (QED) is 0.677. The molecule has 8 heteroatoms. The summed E-state index contributed by atoms with van der Waals surface area (Å²) in [5.74, 6) is 0.195. The van der Waals surface area contributed by atoms with Crippen LogP contribution in [0.15, 0.2) is 36.4 Å². The molecular weight excluding hydrogens is 425 g/mol. The second-order valence-electron chi connectivity index (χ2n) is 7.70. The van der Waals surface area contributed by atoms with E-state index in [-0.39, 0.29) is 24.2 Å². The number of amides is 1. The van der Waals surface area contributed by atoms with Crippen LogP contribution in [0.5, 0.6) is 11.5 Å². The van der Waals surface area contributed by atoms with E-state index < -0.39 is 5.92 Å². The average Bonchev–Trinajstić information content (AvgIpc) is 2.73. The number of carbonyl (C=O) groups excluding carboxylic acids is 1. The van der Waals surface area contributed by atoms with Gasteiger partial charge in [-0.1, -0.05) is 41.9 Å². The third-order valence-corrected chi connectivity index (χ3v) is 6.14. The number of nitrogens with zero attached hydrogens (tertiary/aromatic N) is 1. The smallest absolute Gasteiger partial charge is 0.225 e. The van der Waals surface area contributed by atoms with E-state index in [1.165, 1.54) is 5.56 Å². The molecule has 0 saturated carbocycles. The van der Waals surface area contributed by atoms with Crippen molar-refractivity contribution >= 4 is 35.6 Å².